The lowest BCUT2D eigenvalue weighted by molar-refractivity contribution is 0.107. The molecule has 0 aliphatic carbocycles. The summed E-state index contributed by atoms with van der Waals surface area (Å²) in [6.07, 6.45) is 7.05. The van der Waals surface area contributed by atoms with E-state index in [1.165, 1.54) is 0 Å². The van der Waals surface area contributed by atoms with Crippen molar-refractivity contribution in [2.75, 3.05) is 37.7 Å². The predicted octanol–water partition coefficient (Wildman–Crippen LogP) is 6.20. The van der Waals surface area contributed by atoms with Gasteiger partial charge < -0.3 is 14.7 Å². The number of anilines is 1. The van der Waals surface area contributed by atoms with Crippen molar-refractivity contribution in [3.05, 3.63) is 47.9 Å². The van der Waals surface area contributed by atoms with Crippen LogP contribution in [0.5, 0.6) is 11.8 Å². The number of rotatable bonds is 6. The maximum absolute atomic E-state index is 16.6. The molecule has 0 radical (unpaired) electrons. The SMILES string of the molecule is CCc1cccc2cc(O)cc(-c3ncc4c(N5CCCCC5)nc(OC[C@@]56CCCN5C[C@H](F)C6)nc4c3F)c12. The Hall–Kier alpha value is -3.59. The first-order valence-electron chi connectivity index (χ1n) is 14.8. The van der Waals surface area contributed by atoms with Gasteiger partial charge in [-0.1, -0.05) is 25.1 Å². The van der Waals surface area contributed by atoms with E-state index in [1.54, 1.807) is 18.3 Å². The van der Waals surface area contributed by atoms with Crippen LogP contribution in [-0.4, -0.2) is 69.5 Å². The van der Waals surface area contributed by atoms with Gasteiger partial charge in [-0.05, 0) is 73.5 Å². The number of hydrogen-bond donors (Lipinski definition) is 1. The molecule has 0 spiro atoms. The van der Waals surface area contributed by atoms with Gasteiger partial charge in [0.05, 0.1) is 10.9 Å². The molecular formula is C32H35F2N5O2. The number of pyridine rings is 1. The van der Waals surface area contributed by atoms with E-state index in [0.29, 0.717) is 29.7 Å². The summed E-state index contributed by atoms with van der Waals surface area (Å²) in [5.41, 5.74) is 1.48. The van der Waals surface area contributed by atoms with Crippen LogP contribution in [0, 0.1) is 5.82 Å². The zero-order valence-electron chi connectivity index (χ0n) is 23.4. The molecule has 2 aromatic heterocycles. The zero-order valence-corrected chi connectivity index (χ0v) is 23.4. The summed E-state index contributed by atoms with van der Waals surface area (Å²) in [5.74, 6) is 0.0928. The number of piperidine rings is 1. The first-order chi connectivity index (χ1) is 20.0. The third kappa shape index (κ3) is 4.54. The number of aromatic hydroxyl groups is 1. The molecule has 3 aliphatic heterocycles. The first-order valence-corrected chi connectivity index (χ1v) is 14.8. The molecule has 3 aliphatic rings. The molecule has 0 saturated carbocycles. The Morgan fingerprint density at radius 1 is 1.10 bits per heavy atom. The molecule has 2 atom stereocenters. The van der Waals surface area contributed by atoms with Gasteiger partial charge >= 0.3 is 6.01 Å². The second kappa shape index (κ2) is 10.4. The zero-order chi connectivity index (χ0) is 28.1. The highest BCUT2D eigenvalue weighted by Crippen LogP contribution is 2.41. The number of phenols is 1. The molecule has 3 saturated heterocycles. The minimum Gasteiger partial charge on any atom is -0.508 e. The molecular weight excluding hydrogens is 524 g/mol. The van der Waals surface area contributed by atoms with Crippen LogP contribution >= 0.6 is 0 Å². The van der Waals surface area contributed by atoms with Crippen molar-refractivity contribution in [3.63, 3.8) is 0 Å². The summed E-state index contributed by atoms with van der Waals surface area (Å²) in [7, 11) is 0. The van der Waals surface area contributed by atoms with Gasteiger partial charge in [-0.3, -0.25) is 9.88 Å². The summed E-state index contributed by atoms with van der Waals surface area (Å²) in [6, 6.07) is 9.24. The summed E-state index contributed by atoms with van der Waals surface area (Å²) < 4.78 is 37.2. The quantitative estimate of drug-likeness (QED) is 0.302. The number of halogens is 2. The van der Waals surface area contributed by atoms with Gasteiger partial charge in [-0.2, -0.15) is 9.97 Å². The third-order valence-corrected chi connectivity index (χ3v) is 9.21. The molecule has 41 heavy (non-hydrogen) atoms. The van der Waals surface area contributed by atoms with Crippen molar-refractivity contribution in [2.45, 2.75) is 63.6 Å². The Bertz CT molecular complexity index is 1630. The Morgan fingerprint density at radius 2 is 1.95 bits per heavy atom. The van der Waals surface area contributed by atoms with Gasteiger partial charge in [0.15, 0.2) is 5.82 Å². The van der Waals surface area contributed by atoms with Crippen molar-refractivity contribution < 1.29 is 18.6 Å². The topological polar surface area (TPSA) is 74.6 Å². The number of aromatic nitrogens is 3. The average molecular weight is 560 g/mol. The molecule has 0 bridgehead atoms. The van der Waals surface area contributed by atoms with Crippen LogP contribution in [0.25, 0.3) is 32.9 Å². The van der Waals surface area contributed by atoms with Crippen molar-refractivity contribution in [1.82, 2.24) is 19.9 Å². The Labute approximate surface area is 238 Å². The van der Waals surface area contributed by atoms with Gasteiger partial charge in [0.2, 0.25) is 0 Å². The predicted molar refractivity (Wildman–Crippen MR) is 156 cm³/mol. The number of hydrogen-bond acceptors (Lipinski definition) is 7. The van der Waals surface area contributed by atoms with E-state index in [9.17, 15) is 9.50 Å². The van der Waals surface area contributed by atoms with Gasteiger partial charge in [0.1, 0.15) is 35.6 Å². The van der Waals surface area contributed by atoms with Crippen LogP contribution in [0.15, 0.2) is 36.5 Å². The molecule has 0 unspecified atom stereocenters. The van der Waals surface area contributed by atoms with E-state index in [-0.39, 0.29) is 35.1 Å². The molecule has 4 aromatic rings. The van der Waals surface area contributed by atoms with E-state index in [0.717, 1.165) is 74.5 Å². The summed E-state index contributed by atoms with van der Waals surface area (Å²) >= 11 is 0. The Morgan fingerprint density at radius 3 is 2.78 bits per heavy atom. The molecule has 214 valence electrons. The largest absolute Gasteiger partial charge is 0.508 e. The monoisotopic (exact) mass is 559 g/mol. The molecule has 5 heterocycles. The molecule has 9 heteroatoms. The van der Waals surface area contributed by atoms with Crippen molar-refractivity contribution >= 4 is 27.5 Å². The average Bonchev–Trinajstić information content (AvgIpc) is 3.51. The summed E-state index contributed by atoms with van der Waals surface area (Å²) in [5, 5.41) is 12.8. The normalized spacial score (nSPS) is 23.0. The van der Waals surface area contributed by atoms with Crippen LogP contribution in [0.2, 0.25) is 0 Å². The van der Waals surface area contributed by atoms with Crippen LogP contribution in [0.1, 0.15) is 51.0 Å². The van der Waals surface area contributed by atoms with E-state index in [4.69, 9.17) is 9.72 Å². The van der Waals surface area contributed by atoms with Gasteiger partial charge in [0.25, 0.3) is 0 Å². The molecule has 7 rings (SSSR count). The van der Waals surface area contributed by atoms with Gasteiger partial charge in [-0.15, -0.1) is 0 Å². The molecule has 1 N–H and O–H groups in total. The molecule has 3 fully saturated rings. The van der Waals surface area contributed by atoms with Gasteiger partial charge in [0, 0.05) is 37.8 Å². The van der Waals surface area contributed by atoms with E-state index < -0.39 is 12.0 Å². The van der Waals surface area contributed by atoms with E-state index in [1.807, 2.05) is 18.2 Å². The fraction of sp³-hybridized carbons (Fsp3) is 0.469. The summed E-state index contributed by atoms with van der Waals surface area (Å²) in [6.45, 7) is 5.25. The fourth-order valence-corrected chi connectivity index (χ4v) is 7.24. The van der Waals surface area contributed by atoms with Crippen molar-refractivity contribution in [3.8, 4) is 23.0 Å². The first kappa shape index (κ1) is 26.3. The van der Waals surface area contributed by atoms with E-state index >= 15 is 4.39 Å². The molecule has 2 aromatic carbocycles. The second-order valence-corrected chi connectivity index (χ2v) is 11.8. The van der Waals surface area contributed by atoms with Crippen molar-refractivity contribution in [1.29, 1.82) is 0 Å². The van der Waals surface area contributed by atoms with Crippen LogP contribution in [0.3, 0.4) is 0 Å². The fourth-order valence-electron chi connectivity index (χ4n) is 7.24. The third-order valence-electron chi connectivity index (χ3n) is 9.21. The van der Waals surface area contributed by atoms with Crippen LogP contribution in [-0.2, 0) is 6.42 Å². The number of phenolic OH excluding ortho intramolecular Hbond substituents is 1. The number of benzene rings is 2. The maximum atomic E-state index is 16.6. The number of ether oxygens (including phenoxy) is 1. The Kier molecular flexibility index (Phi) is 6.64. The number of fused-ring (bicyclic) bond motifs is 3. The maximum Gasteiger partial charge on any atom is 0.319 e. The van der Waals surface area contributed by atoms with Gasteiger partial charge in [-0.25, -0.2) is 8.78 Å². The van der Waals surface area contributed by atoms with E-state index in [2.05, 4.69) is 26.7 Å². The molecule has 7 nitrogen and oxygen atoms in total. The lowest BCUT2D eigenvalue weighted by Gasteiger charge is -2.31. The molecule has 0 amide bonds. The lowest BCUT2D eigenvalue weighted by atomic mass is 9.95. The highest BCUT2D eigenvalue weighted by atomic mass is 19.1. The number of alkyl halides is 1. The highest BCUT2D eigenvalue weighted by Gasteiger charge is 2.49. The van der Waals surface area contributed by atoms with Crippen molar-refractivity contribution in [2.24, 2.45) is 0 Å². The Balaban J connectivity index is 1.36. The minimum absolute atomic E-state index is 0.0471. The summed E-state index contributed by atoms with van der Waals surface area (Å²) in [4.78, 5) is 18.3. The van der Waals surface area contributed by atoms with Crippen LogP contribution in [0.4, 0.5) is 14.6 Å². The van der Waals surface area contributed by atoms with Crippen LogP contribution < -0.4 is 9.64 Å². The standard InChI is InChI=1S/C32H35F2N5O2/c1-2-20-8-6-9-21-14-23(40)15-24(26(20)21)28-27(34)29-25(17-35-28)30(38-11-4-3-5-12-38)37-31(36-29)41-19-32-10-7-13-39(32)18-22(33)16-32/h6,8-9,14-15,17,22,40H,2-5,7,10-13,16,18-19H2,1H3/t22-,32+/m1/s1. The highest BCUT2D eigenvalue weighted by molar-refractivity contribution is 6.01. The lowest BCUT2D eigenvalue weighted by Crippen LogP contribution is -2.43. The number of nitrogens with zero attached hydrogens (tertiary/aromatic N) is 5. The minimum atomic E-state index is -0.864. The number of aryl methyl sites for hydroxylation is 1. The second-order valence-electron chi connectivity index (χ2n) is 11.8. The smallest absolute Gasteiger partial charge is 0.319 e.